The van der Waals surface area contributed by atoms with E-state index in [1.54, 1.807) is 0 Å². The lowest BCUT2D eigenvalue weighted by atomic mass is 9.86. The van der Waals surface area contributed by atoms with Crippen molar-refractivity contribution < 1.29 is 4.79 Å². The average molecular weight is 153 g/mol. The van der Waals surface area contributed by atoms with Crippen LogP contribution in [0.3, 0.4) is 0 Å². The van der Waals surface area contributed by atoms with Crippen molar-refractivity contribution in [2.45, 2.75) is 18.2 Å². The van der Waals surface area contributed by atoms with Gasteiger partial charge in [-0.15, -0.1) is 11.6 Å². The van der Waals surface area contributed by atoms with Crippen LogP contribution in [0.2, 0.25) is 0 Å². The summed E-state index contributed by atoms with van der Waals surface area (Å²) in [5.41, 5.74) is 0. The average Bonchev–Trinajstić information content (AvgIpc) is 1.61. The van der Waals surface area contributed by atoms with E-state index < -0.39 is 0 Å². The van der Waals surface area contributed by atoms with Gasteiger partial charge in [0.05, 0.1) is 0 Å². The zero-order valence-corrected chi connectivity index (χ0v) is 5.74. The third-order valence-corrected chi connectivity index (χ3v) is 2.28. The van der Waals surface area contributed by atoms with Crippen LogP contribution in [0.4, 0.5) is 0 Å². The van der Waals surface area contributed by atoms with E-state index in [1.165, 1.54) is 0 Å². The molecular weight excluding hydrogens is 147 g/mol. The minimum atomic E-state index is -0.281. The number of hydrogen-bond donors (Lipinski definition) is 0. The fourth-order valence-corrected chi connectivity index (χ4v) is 1.41. The summed E-state index contributed by atoms with van der Waals surface area (Å²) >= 11 is 10.8. The third-order valence-electron chi connectivity index (χ3n) is 1.48. The van der Waals surface area contributed by atoms with Gasteiger partial charge in [-0.05, 0) is 24.4 Å². The van der Waals surface area contributed by atoms with Crippen LogP contribution in [-0.4, -0.2) is 10.6 Å². The Labute approximate surface area is 58.0 Å². The molecule has 0 radical (unpaired) electrons. The Kier molecular flexibility index (Phi) is 1.78. The highest BCUT2D eigenvalue weighted by atomic mass is 35.5. The monoisotopic (exact) mass is 152 g/mol. The molecule has 0 aliphatic heterocycles. The third kappa shape index (κ3) is 0.981. The summed E-state index contributed by atoms with van der Waals surface area (Å²) in [6.07, 6.45) is 1.81. The van der Waals surface area contributed by atoms with Crippen LogP contribution in [0.5, 0.6) is 0 Å². The molecule has 3 heteroatoms. The normalized spacial score (nSPS) is 36.2. The number of hydrogen-bond acceptors (Lipinski definition) is 1. The lowest BCUT2D eigenvalue weighted by molar-refractivity contribution is -0.117. The van der Waals surface area contributed by atoms with Gasteiger partial charge in [-0.1, -0.05) is 0 Å². The van der Waals surface area contributed by atoms with Crippen molar-refractivity contribution in [3.63, 3.8) is 0 Å². The van der Waals surface area contributed by atoms with Gasteiger partial charge in [0.15, 0.2) is 0 Å². The molecule has 1 nitrogen and oxygen atoms in total. The van der Waals surface area contributed by atoms with Crippen molar-refractivity contribution in [1.82, 2.24) is 0 Å². The molecule has 8 heavy (non-hydrogen) atoms. The van der Waals surface area contributed by atoms with Gasteiger partial charge in [0.1, 0.15) is 0 Å². The van der Waals surface area contributed by atoms with Crippen molar-refractivity contribution in [3.8, 4) is 0 Å². The maximum Gasteiger partial charge on any atom is 0.226 e. The molecule has 2 atom stereocenters. The van der Waals surface area contributed by atoms with Gasteiger partial charge in [-0.25, -0.2) is 0 Å². The summed E-state index contributed by atoms with van der Waals surface area (Å²) in [4.78, 5) is 10.3. The van der Waals surface area contributed by atoms with E-state index >= 15 is 0 Å². The zero-order valence-electron chi connectivity index (χ0n) is 4.23. The van der Waals surface area contributed by atoms with Crippen LogP contribution >= 0.6 is 23.2 Å². The van der Waals surface area contributed by atoms with Crippen molar-refractivity contribution in [3.05, 3.63) is 0 Å². The van der Waals surface area contributed by atoms with Crippen LogP contribution in [0.1, 0.15) is 12.8 Å². The van der Waals surface area contributed by atoms with E-state index in [9.17, 15) is 4.79 Å². The first-order chi connectivity index (χ1) is 3.72. The fourth-order valence-electron chi connectivity index (χ4n) is 0.715. The topological polar surface area (TPSA) is 17.1 Å². The van der Waals surface area contributed by atoms with Crippen molar-refractivity contribution in [2.24, 2.45) is 5.92 Å². The first-order valence-electron chi connectivity index (χ1n) is 2.55. The number of carbonyl (C=O) groups is 1. The van der Waals surface area contributed by atoms with E-state index in [-0.39, 0.29) is 16.5 Å². The summed E-state index contributed by atoms with van der Waals surface area (Å²) < 4.78 is 0. The van der Waals surface area contributed by atoms with Gasteiger partial charge >= 0.3 is 0 Å². The number of halogens is 2. The largest absolute Gasteiger partial charge is 0.281 e. The van der Waals surface area contributed by atoms with Gasteiger partial charge in [0.25, 0.3) is 0 Å². The van der Waals surface area contributed by atoms with Gasteiger partial charge in [-0.2, -0.15) is 0 Å². The van der Waals surface area contributed by atoms with Crippen molar-refractivity contribution >= 4 is 28.4 Å². The Morgan fingerprint density at radius 3 is 2.12 bits per heavy atom. The molecule has 1 fully saturated rings. The Morgan fingerprint density at radius 1 is 1.50 bits per heavy atom. The Morgan fingerprint density at radius 2 is 2.12 bits per heavy atom. The Hall–Kier alpha value is 0.250. The molecule has 0 amide bonds. The van der Waals surface area contributed by atoms with Crippen LogP contribution in [0, 0.1) is 5.92 Å². The van der Waals surface area contributed by atoms with Gasteiger partial charge in [0, 0.05) is 11.3 Å². The minimum absolute atomic E-state index is 0.0139. The summed E-state index contributed by atoms with van der Waals surface area (Å²) in [6.45, 7) is 0. The van der Waals surface area contributed by atoms with Crippen LogP contribution in [-0.2, 0) is 4.79 Å². The lowest BCUT2D eigenvalue weighted by Gasteiger charge is -2.27. The van der Waals surface area contributed by atoms with E-state index in [2.05, 4.69) is 0 Å². The van der Waals surface area contributed by atoms with E-state index in [0.29, 0.717) is 0 Å². The molecule has 0 bridgehead atoms. The van der Waals surface area contributed by atoms with E-state index in [0.717, 1.165) is 12.8 Å². The molecule has 1 rings (SSSR count). The molecule has 1 saturated carbocycles. The lowest BCUT2D eigenvalue weighted by Crippen LogP contribution is -2.30. The SMILES string of the molecule is O=C(Cl)[C@@H]1CC[C@@H]1Cl. The van der Waals surface area contributed by atoms with Gasteiger partial charge in [-0.3, -0.25) is 4.79 Å². The molecule has 0 saturated heterocycles. The summed E-state index contributed by atoms with van der Waals surface area (Å²) in [5.74, 6) is -0.0571. The number of rotatable bonds is 1. The molecule has 1 aliphatic carbocycles. The second-order valence-electron chi connectivity index (χ2n) is 2.00. The van der Waals surface area contributed by atoms with Crippen molar-refractivity contribution in [1.29, 1.82) is 0 Å². The molecule has 0 N–H and O–H groups in total. The summed E-state index contributed by atoms with van der Waals surface area (Å²) in [7, 11) is 0. The molecule has 1 aliphatic rings. The maximum absolute atomic E-state index is 10.3. The van der Waals surface area contributed by atoms with Gasteiger partial charge in [0.2, 0.25) is 5.24 Å². The predicted molar refractivity (Wildman–Crippen MR) is 33.2 cm³/mol. The highest BCUT2D eigenvalue weighted by Gasteiger charge is 2.33. The molecule has 0 unspecified atom stereocenters. The molecule has 0 aromatic rings. The highest BCUT2D eigenvalue weighted by molar-refractivity contribution is 6.64. The van der Waals surface area contributed by atoms with E-state index in [1.807, 2.05) is 0 Å². The molecular formula is C5H6Cl2O. The summed E-state index contributed by atoms with van der Waals surface area (Å²) in [5, 5.41) is -0.267. The van der Waals surface area contributed by atoms with Crippen LogP contribution < -0.4 is 0 Å². The molecule has 0 aromatic heterocycles. The minimum Gasteiger partial charge on any atom is -0.281 e. The van der Waals surface area contributed by atoms with Crippen LogP contribution in [0.15, 0.2) is 0 Å². The molecule has 0 heterocycles. The molecule has 0 aromatic carbocycles. The summed E-state index contributed by atoms with van der Waals surface area (Å²) in [6, 6.07) is 0. The highest BCUT2D eigenvalue weighted by Crippen LogP contribution is 2.33. The first kappa shape index (κ1) is 6.37. The zero-order chi connectivity index (χ0) is 6.15. The van der Waals surface area contributed by atoms with Crippen molar-refractivity contribution in [2.75, 3.05) is 0 Å². The molecule has 0 spiro atoms. The fraction of sp³-hybridized carbons (Fsp3) is 0.800. The second kappa shape index (κ2) is 2.24. The Balaban J connectivity index is 2.37. The Bertz CT molecular complexity index is 113. The molecule has 46 valence electrons. The van der Waals surface area contributed by atoms with E-state index in [4.69, 9.17) is 23.2 Å². The quantitative estimate of drug-likeness (QED) is 0.414. The standard InChI is InChI=1S/C5H6Cl2O/c6-4-2-1-3(4)5(7)8/h3-4H,1-2H2/t3-,4+/m1/s1. The second-order valence-corrected chi connectivity index (χ2v) is 2.94. The number of carbonyl (C=O) groups excluding carboxylic acids is 1. The predicted octanol–water partition coefficient (Wildman–Crippen LogP) is 1.77. The van der Waals surface area contributed by atoms with Gasteiger partial charge < -0.3 is 0 Å². The first-order valence-corrected chi connectivity index (χ1v) is 3.36. The maximum atomic E-state index is 10.3. The number of alkyl halides is 1. The van der Waals surface area contributed by atoms with Crippen LogP contribution in [0.25, 0.3) is 0 Å². The smallest absolute Gasteiger partial charge is 0.226 e.